The van der Waals surface area contributed by atoms with Gasteiger partial charge in [-0.1, -0.05) is 12.1 Å². The molecule has 0 radical (unpaired) electrons. The van der Waals surface area contributed by atoms with Crippen LogP contribution in [0.2, 0.25) is 0 Å². The second-order valence-corrected chi connectivity index (χ2v) is 4.95. The van der Waals surface area contributed by atoms with Gasteiger partial charge in [-0.2, -0.15) is 4.39 Å². The minimum atomic E-state index is -0.859. The summed E-state index contributed by atoms with van der Waals surface area (Å²) in [4.78, 5) is 11.2. The van der Waals surface area contributed by atoms with Crippen molar-refractivity contribution in [2.45, 2.75) is 19.8 Å². The largest absolute Gasteiger partial charge is 0.497 e. The van der Waals surface area contributed by atoms with Gasteiger partial charge in [-0.25, -0.2) is 4.79 Å². The summed E-state index contributed by atoms with van der Waals surface area (Å²) < 4.78 is 23.2. The summed E-state index contributed by atoms with van der Waals surface area (Å²) in [6, 6.07) is 7.86. The number of ether oxygens (including phenoxy) is 2. The number of allylic oxidation sites excluding steroid dienone is 1. The summed E-state index contributed by atoms with van der Waals surface area (Å²) >= 11 is 0. The van der Waals surface area contributed by atoms with E-state index in [2.05, 4.69) is 4.74 Å². The predicted molar refractivity (Wildman–Crippen MR) is 74.1 cm³/mol. The lowest BCUT2D eigenvalue weighted by Crippen LogP contribution is -2.04. The van der Waals surface area contributed by atoms with Crippen LogP contribution in [0.3, 0.4) is 0 Å². The highest BCUT2D eigenvalue weighted by atomic mass is 19.1. The van der Waals surface area contributed by atoms with Gasteiger partial charge in [0.1, 0.15) is 5.75 Å². The van der Waals surface area contributed by atoms with Crippen molar-refractivity contribution in [1.82, 2.24) is 0 Å². The van der Waals surface area contributed by atoms with E-state index >= 15 is 0 Å². The van der Waals surface area contributed by atoms with E-state index in [-0.39, 0.29) is 12.5 Å². The number of halogens is 1. The third kappa shape index (κ3) is 3.83. The quantitative estimate of drug-likeness (QED) is 0.591. The summed E-state index contributed by atoms with van der Waals surface area (Å²) in [5, 5.41) is 0. The Morgan fingerprint density at radius 1 is 1.40 bits per heavy atom. The van der Waals surface area contributed by atoms with Crippen LogP contribution in [0, 0.1) is 11.8 Å². The van der Waals surface area contributed by atoms with E-state index in [9.17, 15) is 9.18 Å². The van der Waals surface area contributed by atoms with Gasteiger partial charge in [-0.05, 0) is 55.4 Å². The molecule has 1 aromatic carbocycles. The molecule has 2 atom stereocenters. The molecule has 1 saturated carbocycles. The molecule has 0 aliphatic heterocycles. The van der Waals surface area contributed by atoms with E-state index in [1.54, 1.807) is 14.0 Å². The molecule has 0 saturated heterocycles. The molecule has 20 heavy (non-hydrogen) atoms. The SMILES string of the molecule is CCOC(=O)/C(F)=C/C1CC1Cc1ccc(OC)cc1. The molecule has 2 rings (SSSR count). The molecular formula is C16H19FO3. The Balaban J connectivity index is 1.85. The molecule has 0 aromatic heterocycles. The Bertz CT molecular complexity index is 493. The van der Waals surface area contributed by atoms with E-state index in [1.807, 2.05) is 24.3 Å². The maximum Gasteiger partial charge on any atom is 0.366 e. The summed E-state index contributed by atoms with van der Waals surface area (Å²) in [6.07, 6.45) is 3.20. The van der Waals surface area contributed by atoms with Crippen LogP contribution < -0.4 is 4.74 Å². The number of carbonyl (C=O) groups is 1. The molecule has 1 aliphatic rings. The zero-order valence-corrected chi connectivity index (χ0v) is 11.8. The Labute approximate surface area is 118 Å². The minimum Gasteiger partial charge on any atom is -0.497 e. The first kappa shape index (κ1) is 14.6. The average Bonchev–Trinajstić information content (AvgIpc) is 3.17. The molecule has 0 bridgehead atoms. The summed E-state index contributed by atoms with van der Waals surface area (Å²) in [7, 11) is 1.63. The molecule has 1 aliphatic carbocycles. The molecule has 108 valence electrons. The van der Waals surface area contributed by atoms with Crippen LogP contribution >= 0.6 is 0 Å². The van der Waals surface area contributed by atoms with Crippen molar-refractivity contribution in [3.05, 3.63) is 41.7 Å². The first-order valence-corrected chi connectivity index (χ1v) is 6.81. The number of hydrogen-bond donors (Lipinski definition) is 0. The Hall–Kier alpha value is -1.84. The van der Waals surface area contributed by atoms with Crippen molar-refractivity contribution in [2.75, 3.05) is 13.7 Å². The summed E-state index contributed by atoms with van der Waals surface area (Å²) in [6.45, 7) is 1.86. The third-order valence-electron chi connectivity index (χ3n) is 3.47. The standard InChI is InChI=1S/C16H19FO3/c1-3-20-16(18)15(17)10-13-9-12(13)8-11-4-6-14(19-2)7-5-11/h4-7,10,12-13H,3,8-9H2,1-2H3/b15-10-. The monoisotopic (exact) mass is 278 g/mol. The fourth-order valence-electron chi connectivity index (χ4n) is 2.23. The lowest BCUT2D eigenvalue weighted by Gasteiger charge is -2.02. The number of carbonyl (C=O) groups excluding carboxylic acids is 1. The predicted octanol–water partition coefficient (Wildman–Crippen LogP) is 3.29. The van der Waals surface area contributed by atoms with E-state index in [4.69, 9.17) is 4.74 Å². The lowest BCUT2D eigenvalue weighted by atomic mass is 10.1. The molecule has 0 spiro atoms. The van der Waals surface area contributed by atoms with Crippen LogP contribution in [0.5, 0.6) is 5.75 Å². The van der Waals surface area contributed by atoms with Gasteiger partial charge in [-0.15, -0.1) is 0 Å². The zero-order valence-electron chi connectivity index (χ0n) is 11.8. The summed E-state index contributed by atoms with van der Waals surface area (Å²) in [5.74, 6) is -0.254. The highest BCUT2D eigenvalue weighted by Crippen LogP contribution is 2.43. The highest BCUT2D eigenvalue weighted by Gasteiger charge is 2.36. The van der Waals surface area contributed by atoms with Gasteiger partial charge in [0, 0.05) is 0 Å². The van der Waals surface area contributed by atoms with E-state index in [0.717, 1.165) is 18.6 Å². The van der Waals surface area contributed by atoms with Crippen LogP contribution in [-0.2, 0) is 16.0 Å². The number of esters is 1. The van der Waals surface area contributed by atoms with Crippen molar-refractivity contribution in [3.63, 3.8) is 0 Å². The van der Waals surface area contributed by atoms with Crippen molar-refractivity contribution in [1.29, 1.82) is 0 Å². The van der Waals surface area contributed by atoms with Gasteiger partial charge in [0.2, 0.25) is 5.83 Å². The molecule has 4 heteroatoms. The van der Waals surface area contributed by atoms with Crippen molar-refractivity contribution in [3.8, 4) is 5.75 Å². The fourth-order valence-corrected chi connectivity index (χ4v) is 2.23. The van der Waals surface area contributed by atoms with Gasteiger partial charge in [0.15, 0.2) is 0 Å². The van der Waals surface area contributed by atoms with Gasteiger partial charge in [0.25, 0.3) is 0 Å². The second-order valence-electron chi connectivity index (χ2n) is 4.95. The maximum atomic E-state index is 13.5. The third-order valence-corrected chi connectivity index (χ3v) is 3.47. The van der Waals surface area contributed by atoms with Crippen LogP contribution in [0.1, 0.15) is 18.9 Å². The van der Waals surface area contributed by atoms with Crippen LogP contribution in [0.25, 0.3) is 0 Å². The Kier molecular flexibility index (Phi) is 4.77. The van der Waals surface area contributed by atoms with Crippen LogP contribution in [0.4, 0.5) is 4.39 Å². The van der Waals surface area contributed by atoms with Crippen LogP contribution in [0.15, 0.2) is 36.2 Å². The lowest BCUT2D eigenvalue weighted by molar-refractivity contribution is -0.140. The normalized spacial score (nSPS) is 21.4. The van der Waals surface area contributed by atoms with Crippen LogP contribution in [-0.4, -0.2) is 19.7 Å². The topological polar surface area (TPSA) is 35.5 Å². The average molecular weight is 278 g/mol. The first-order valence-electron chi connectivity index (χ1n) is 6.81. The molecule has 0 N–H and O–H groups in total. The summed E-state index contributed by atoms with van der Waals surface area (Å²) in [5.41, 5.74) is 1.20. The van der Waals surface area contributed by atoms with E-state index < -0.39 is 11.8 Å². The number of hydrogen-bond acceptors (Lipinski definition) is 3. The van der Waals surface area contributed by atoms with Gasteiger partial charge in [0.05, 0.1) is 13.7 Å². The number of rotatable bonds is 6. The molecule has 0 heterocycles. The molecular weight excluding hydrogens is 259 g/mol. The van der Waals surface area contributed by atoms with Crippen molar-refractivity contribution >= 4 is 5.97 Å². The Morgan fingerprint density at radius 2 is 2.10 bits per heavy atom. The van der Waals surface area contributed by atoms with E-state index in [0.29, 0.717) is 5.92 Å². The number of benzene rings is 1. The minimum absolute atomic E-state index is 0.140. The fraction of sp³-hybridized carbons (Fsp3) is 0.438. The molecule has 2 unspecified atom stereocenters. The van der Waals surface area contributed by atoms with Crippen molar-refractivity contribution in [2.24, 2.45) is 11.8 Å². The molecule has 3 nitrogen and oxygen atoms in total. The first-order chi connectivity index (χ1) is 9.63. The maximum absolute atomic E-state index is 13.5. The van der Waals surface area contributed by atoms with Gasteiger partial charge in [-0.3, -0.25) is 0 Å². The second kappa shape index (κ2) is 6.55. The zero-order chi connectivity index (χ0) is 14.5. The molecule has 1 aromatic rings. The van der Waals surface area contributed by atoms with Crippen molar-refractivity contribution < 1.29 is 18.7 Å². The molecule has 1 fully saturated rings. The molecule has 0 amide bonds. The number of methoxy groups -OCH3 is 1. The highest BCUT2D eigenvalue weighted by molar-refractivity contribution is 5.86. The smallest absolute Gasteiger partial charge is 0.366 e. The van der Waals surface area contributed by atoms with Gasteiger partial charge < -0.3 is 9.47 Å². The van der Waals surface area contributed by atoms with E-state index in [1.165, 1.54) is 11.6 Å². The Morgan fingerprint density at radius 3 is 2.70 bits per heavy atom. The van der Waals surface area contributed by atoms with Gasteiger partial charge >= 0.3 is 5.97 Å².